The van der Waals surface area contributed by atoms with Crippen LogP contribution < -0.4 is 10.0 Å². The third-order valence-corrected chi connectivity index (χ3v) is 4.55. The van der Waals surface area contributed by atoms with Crippen molar-refractivity contribution in [2.24, 2.45) is 0 Å². The van der Waals surface area contributed by atoms with Gasteiger partial charge in [0.2, 0.25) is 10.0 Å². The summed E-state index contributed by atoms with van der Waals surface area (Å²) < 4.78 is 27.0. The Morgan fingerprint density at radius 1 is 1.19 bits per heavy atom. The molecule has 0 amide bonds. The number of sulfonamides is 1. The van der Waals surface area contributed by atoms with Crippen molar-refractivity contribution in [3.05, 3.63) is 29.8 Å². The molecule has 0 fully saturated rings. The van der Waals surface area contributed by atoms with Gasteiger partial charge in [0.1, 0.15) is 0 Å². The zero-order valence-corrected chi connectivity index (χ0v) is 13.5. The van der Waals surface area contributed by atoms with Crippen LogP contribution in [0, 0.1) is 12.3 Å². The monoisotopic (exact) mass is 308 g/mol. The van der Waals surface area contributed by atoms with E-state index in [1.54, 1.807) is 12.1 Å². The first kappa shape index (κ1) is 17.7. The number of rotatable bonds is 9. The smallest absolute Gasteiger partial charge is 0.241 e. The molecule has 1 aromatic rings. The van der Waals surface area contributed by atoms with E-state index < -0.39 is 16.1 Å². The molecule has 0 radical (unpaired) electrons. The minimum Gasteiger partial charge on any atom is -0.313 e. The summed E-state index contributed by atoms with van der Waals surface area (Å²) in [5.74, 6) is 2.47. The molecule has 0 saturated carbocycles. The van der Waals surface area contributed by atoms with Crippen molar-refractivity contribution in [3.8, 4) is 12.3 Å². The first-order valence-corrected chi connectivity index (χ1v) is 8.80. The molecule has 1 unspecified atom stereocenters. The molecule has 2 N–H and O–H groups in total. The largest absolute Gasteiger partial charge is 0.313 e. The highest BCUT2D eigenvalue weighted by Gasteiger charge is 2.17. The molecular weight excluding hydrogens is 284 g/mol. The van der Waals surface area contributed by atoms with E-state index in [2.05, 4.69) is 22.9 Å². The minimum absolute atomic E-state index is 0.248. The molecule has 1 atom stereocenters. The standard InChI is InChI=1S/C16H24N2O2S/c1-4-7-15(6-3)18-21(19,20)16-10-8-14(9-11-16)13-17-12-5-2/h3,8-11,15,17-18H,4-5,7,12-13H2,1-2H3. The second-order valence-electron chi connectivity index (χ2n) is 4.95. The van der Waals surface area contributed by atoms with Gasteiger partial charge in [0, 0.05) is 6.54 Å². The Hall–Kier alpha value is -1.35. The fourth-order valence-corrected chi connectivity index (χ4v) is 3.11. The topological polar surface area (TPSA) is 58.2 Å². The van der Waals surface area contributed by atoms with E-state index in [1.807, 2.05) is 19.1 Å². The molecule has 5 heteroatoms. The zero-order chi connectivity index (χ0) is 15.7. The quantitative estimate of drug-likeness (QED) is 0.543. The van der Waals surface area contributed by atoms with Gasteiger partial charge in [0.05, 0.1) is 10.9 Å². The van der Waals surface area contributed by atoms with E-state index in [9.17, 15) is 8.42 Å². The van der Waals surface area contributed by atoms with Gasteiger partial charge >= 0.3 is 0 Å². The Balaban J connectivity index is 2.73. The van der Waals surface area contributed by atoms with Crippen LogP contribution in [-0.4, -0.2) is 21.0 Å². The molecule has 116 valence electrons. The van der Waals surface area contributed by atoms with Crippen molar-refractivity contribution in [2.45, 2.75) is 50.6 Å². The van der Waals surface area contributed by atoms with Crippen LogP contribution in [-0.2, 0) is 16.6 Å². The third-order valence-electron chi connectivity index (χ3n) is 3.07. The number of benzene rings is 1. The fourth-order valence-electron chi connectivity index (χ4n) is 1.92. The molecule has 1 rings (SSSR count). The lowest BCUT2D eigenvalue weighted by Crippen LogP contribution is -2.33. The molecule has 0 bridgehead atoms. The highest BCUT2D eigenvalue weighted by molar-refractivity contribution is 7.89. The molecule has 0 heterocycles. The summed E-state index contributed by atoms with van der Waals surface area (Å²) in [5, 5.41) is 3.28. The van der Waals surface area contributed by atoms with E-state index in [0.29, 0.717) is 6.42 Å². The maximum atomic E-state index is 12.2. The van der Waals surface area contributed by atoms with Crippen molar-refractivity contribution >= 4 is 10.0 Å². The van der Waals surface area contributed by atoms with Gasteiger partial charge in [0.15, 0.2) is 0 Å². The Morgan fingerprint density at radius 2 is 1.86 bits per heavy atom. The van der Waals surface area contributed by atoms with Crippen molar-refractivity contribution < 1.29 is 8.42 Å². The molecule has 0 aliphatic heterocycles. The maximum Gasteiger partial charge on any atom is 0.241 e. The number of hydrogen-bond acceptors (Lipinski definition) is 3. The molecule has 1 aromatic carbocycles. The summed E-state index contributed by atoms with van der Waals surface area (Å²) >= 11 is 0. The Morgan fingerprint density at radius 3 is 2.38 bits per heavy atom. The molecule has 0 aliphatic carbocycles. The summed E-state index contributed by atoms with van der Waals surface area (Å²) in [6.45, 7) is 5.76. The second-order valence-corrected chi connectivity index (χ2v) is 6.66. The summed E-state index contributed by atoms with van der Waals surface area (Å²) in [4.78, 5) is 0.248. The summed E-state index contributed by atoms with van der Waals surface area (Å²) in [6, 6.07) is 6.42. The summed E-state index contributed by atoms with van der Waals surface area (Å²) in [6.07, 6.45) is 7.89. The van der Waals surface area contributed by atoms with Gasteiger partial charge in [-0.3, -0.25) is 0 Å². The van der Waals surface area contributed by atoms with Crippen LogP contribution in [0.3, 0.4) is 0 Å². The van der Waals surface area contributed by atoms with E-state index in [-0.39, 0.29) is 4.90 Å². The minimum atomic E-state index is -3.55. The first-order chi connectivity index (χ1) is 10.0. The van der Waals surface area contributed by atoms with E-state index in [4.69, 9.17) is 6.42 Å². The first-order valence-electron chi connectivity index (χ1n) is 7.31. The van der Waals surface area contributed by atoms with Gasteiger partial charge in [-0.15, -0.1) is 6.42 Å². The molecule has 21 heavy (non-hydrogen) atoms. The maximum absolute atomic E-state index is 12.2. The van der Waals surface area contributed by atoms with Gasteiger partial charge in [-0.2, -0.15) is 4.72 Å². The number of terminal acetylenes is 1. The molecule has 0 aliphatic rings. The lowest BCUT2D eigenvalue weighted by molar-refractivity contribution is 0.564. The van der Waals surface area contributed by atoms with Gasteiger partial charge in [-0.05, 0) is 37.1 Å². The van der Waals surface area contributed by atoms with Crippen LogP contribution in [0.1, 0.15) is 38.7 Å². The Kier molecular flexibility index (Phi) is 7.44. The van der Waals surface area contributed by atoms with Crippen LogP contribution in [0.2, 0.25) is 0 Å². The van der Waals surface area contributed by atoms with Crippen molar-refractivity contribution in [2.75, 3.05) is 6.54 Å². The highest BCUT2D eigenvalue weighted by Crippen LogP contribution is 2.12. The predicted octanol–water partition coefficient (Wildman–Crippen LogP) is 2.27. The van der Waals surface area contributed by atoms with Crippen LogP contribution in [0.15, 0.2) is 29.2 Å². The van der Waals surface area contributed by atoms with Crippen LogP contribution in [0.25, 0.3) is 0 Å². The van der Waals surface area contributed by atoms with Crippen LogP contribution in [0.5, 0.6) is 0 Å². The average molecular weight is 308 g/mol. The number of nitrogens with one attached hydrogen (secondary N) is 2. The molecule has 0 saturated heterocycles. The second kappa shape index (κ2) is 8.83. The van der Waals surface area contributed by atoms with Gasteiger partial charge in [-0.1, -0.05) is 38.3 Å². The predicted molar refractivity (Wildman–Crippen MR) is 86.3 cm³/mol. The van der Waals surface area contributed by atoms with E-state index >= 15 is 0 Å². The molecule has 0 spiro atoms. The average Bonchev–Trinajstić information content (AvgIpc) is 2.47. The molecule has 0 aromatic heterocycles. The lowest BCUT2D eigenvalue weighted by Gasteiger charge is -2.13. The van der Waals surface area contributed by atoms with Crippen molar-refractivity contribution in [1.29, 1.82) is 0 Å². The number of hydrogen-bond donors (Lipinski definition) is 2. The van der Waals surface area contributed by atoms with Gasteiger partial charge < -0.3 is 5.32 Å². The van der Waals surface area contributed by atoms with E-state index in [1.165, 1.54) is 0 Å². The zero-order valence-electron chi connectivity index (χ0n) is 12.7. The normalized spacial score (nSPS) is 12.8. The molecular formula is C16H24N2O2S. The lowest BCUT2D eigenvalue weighted by atomic mass is 10.2. The van der Waals surface area contributed by atoms with Gasteiger partial charge in [-0.25, -0.2) is 8.42 Å². The fraction of sp³-hybridized carbons (Fsp3) is 0.500. The SMILES string of the molecule is C#CC(CCC)NS(=O)(=O)c1ccc(CNCCC)cc1. The Labute approximate surface area is 128 Å². The van der Waals surface area contributed by atoms with Crippen molar-refractivity contribution in [1.82, 2.24) is 10.0 Å². The summed E-state index contributed by atoms with van der Waals surface area (Å²) in [5.41, 5.74) is 1.06. The Bertz CT molecular complexity index is 559. The molecule has 4 nitrogen and oxygen atoms in total. The highest BCUT2D eigenvalue weighted by atomic mass is 32.2. The van der Waals surface area contributed by atoms with Crippen molar-refractivity contribution in [3.63, 3.8) is 0 Å². The van der Waals surface area contributed by atoms with Crippen LogP contribution >= 0.6 is 0 Å². The van der Waals surface area contributed by atoms with Gasteiger partial charge in [0.25, 0.3) is 0 Å². The van der Waals surface area contributed by atoms with E-state index in [0.717, 1.165) is 31.5 Å². The third kappa shape index (κ3) is 5.88. The van der Waals surface area contributed by atoms with Crippen LogP contribution in [0.4, 0.5) is 0 Å². The summed E-state index contributed by atoms with van der Waals surface area (Å²) in [7, 11) is -3.55.